The number of para-hydroxylation sites is 2. The Balaban J connectivity index is 1.19. The van der Waals surface area contributed by atoms with Crippen LogP contribution in [0.2, 0.25) is 0 Å². The van der Waals surface area contributed by atoms with E-state index in [0.29, 0.717) is 0 Å². The van der Waals surface area contributed by atoms with Gasteiger partial charge in [0.05, 0.1) is 0 Å². The minimum Gasteiger partial charge on any atom is -0.310 e. The number of anilines is 6. The Bertz CT molecular complexity index is 2390. The third kappa shape index (κ3) is 7.14. The first kappa shape index (κ1) is 36.3. The summed E-state index contributed by atoms with van der Waals surface area (Å²) in [5, 5.41) is 0. The topological polar surface area (TPSA) is 6.48 Å². The Morgan fingerprint density at radius 1 is 0.250 bits per heavy atom. The average Bonchev–Trinajstić information content (AvgIpc) is 3.21. The zero-order valence-electron chi connectivity index (χ0n) is 33.2. The fourth-order valence-corrected chi connectivity index (χ4v) is 8.28. The fraction of sp³-hybridized carbons (Fsp3) is 0.111. The second-order valence-corrected chi connectivity index (χ2v) is 15.0. The van der Waals surface area contributed by atoms with E-state index >= 15 is 0 Å². The van der Waals surface area contributed by atoms with Crippen molar-refractivity contribution in [2.24, 2.45) is 0 Å². The molecule has 0 unspecified atom stereocenters. The predicted octanol–water partition coefficient (Wildman–Crippen LogP) is 15.5. The lowest BCUT2D eigenvalue weighted by molar-refractivity contribution is 1.22. The largest absolute Gasteiger partial charge is 0.310 e. The van der Waals surface area contributed by atoms with Gasteiger partial charge in [-0.3, -0.25) is 0 Å². The lowest BCUT2D eigenvalue weighted by atomic mass is 9.88. The highest BCUT2D eigenvalue weighted by Crippen LogP contribution is 2.44. The van der Waals surface area contributed by atoms with Crippen LogP contribution in [0, 0.1) is 41.5 Å². The zero-order chi connectivity index (χ0) is 38.8. The van der Waals surface area contributed by atoms with Gasteiger partial charge < -0.3 is 9.80 Å². The molecule has 0 fully saturated rings. The third-order valence-electron chi connectivity index (χ3n) is 11.0. The molecule has 0 radical (unpaired) electrons. The van der Waals surface area contributed by atoms with Crippen LogP contribution in [0.15, 0.2) is 182 Å². The van der Waals surface area contributed by atoms with Crippen molar-refractivity contribution >= 4 is 34.1 Å². The molecule has 0 N–H and O–H groups in total. The number of benzene rings is 8. The van der Waals surface area contributed by atoms with E-state index in [0.717, 1.165) is 22.7 Å². The van der Waals surface area contributed by atoms with Gasteiger partial charge in [-0.15, -0.1) is 0 Å². The molecule has 2 heteroatoms. The fourth-order valence-electron chi connectivity index (χ4n) is 8.28. The second kappa shape index (κ2) is 15.6. The van der Waals surface area contributed by atoms with Crippen LogP contribution >= 0.6 is 0 Å². The van der Waals surface area contributed by atoms with E-state index in [4.69, 9.17) is 0 Å². The predicted molar refractivity (Wildman–Crippen MR) is 241 cm³/mol. The summed E-state index contributed by atoms with van der Waals surface area (Å²) in [6.07, 6.45) is 0. The standard InChI is InChI=1S/C54H48N2/c1-37-17-13-15-23-51(37)55(47-29-25-45(26-30-47)43-19-9-7-10-20-43)49-33-39(3)53(40(4)34-49)54-41(5)35-50(36-42(54)6)56(52-24-16-14-18-38(52)2)48-31-27-46(28-32-48)44-21-11-8-12-22-44/h7-36H,1-6H3. The Morgan fingerprint density at radius 3 is 0.857 bits per heavy atom. The molecule has 56 heavy (non-hydrogen) atoms. The summed E-state index contributed by atoms with van der Waals surface area (Å²) in [5.41, 5.74) is 21.9. The molecule has 2 nitrogen and oxygen atoms in total. The first-order valence-corrected chi connectivity index (χ1v) is 19.5. The van der Waals surface area contributed by atoms with Crippen LogP contribution in [0.25, 0.3) is 33.4 Å². The maximum Gasteiger partial charge on any atom is 0.0490 e. The highest BCUT2D eigenvalue weighted by atomic mass is 15.1. The Morgan fingerprint density at radius 2 is 0.536 bits per heavy atom. The highest BCUT2D eigenvalue weighted by Gasteiger charge is 2.22. The SMILES string of the molecule is Cc1ccccc1N(c1ccc(-c2ccccc2)cc1)c1cc(C)c(-c2c(C)cc(N(c3ccc(-c4ccccc4)cc3)c3ccccc3C)cc2C)c(C)c1. The van der Waals surface area contributed by atoms with Gasteiger partial charge >= 0.3 is 0 Å². The van der Waals surface area contributed by atoms with E-state index in [1.807, 2.05) is 0 Å². The van der Waals surface area contributed by atoms with Crippen molar-refractivity contribution in [3.8, 4) is 33.4 Å². The summed E-state index contributed by atoms with van der Waals surface area (Å²) >= 11 is 0. The summed E-state index contributed by atoms with van der Waals surface area (Å²) in [4.78, 5) is 4.81. The molecule has 0 amide bonds. The average molecular weight is 725 g/mol. The molecule has 0 atom stereocenters. The monoisotopic (exact) mass is 724 g/mol. The molecule has 0 heterocycles. The summed E-state index contributed by atoms with van der Waals surface area (Å²) in [6, 6.07) is 65.9. The van der Waals surface area contributed by atoms with Gasteiger partial charge in [-0.05, 0) is 169 Å². The van der Waals surface area contributed by atoms with E-state index in [9.17, 15) is 0 Å². The van der Waals surface area contributed by atoms with E-state index in [1.165, 1.54) is 78.1 Å². The molecule has 0 aliphatic rings. The highest BCUT2D eigenvalue weighted by molar-refractivity contribution is 5.87. The van der Waals surface area contributed by atoms with Crippen LogP contribution in [0.3, 0.4) is 0 Å². The summed E-state index contributed by atoms with van der Waals surface area (Å²) in [5.74, 6) is 0. The Labute approximate surface area is 333 Å². The lowest BCUT2D eigenvalue weighted by Gasteiger charge is -2.30. The first-order chi connectivity index (χ1) is 27.3. The minimum absolute atomic E-state index is 1.13. The van der Waals surface area contributed by atoms with Gasteiger partial charge in [-0.1, -0.05) is 121 Å². The maximum absolute atomic E-state index is 2.40. The van der Waals surface area contributed by atoms with Gasteiger partial charge in [0.1, 0.15) is 0 Å². The van der Waals surface area contributed by atoms with Gasteiger partial charge in [-0.2, -0.15) is 0 Å². The lowest BCUT2D eigenvalue weighted by Crippen LogP contribution is -2.13. The molecule has 0 spiro atoms. The molecule has 0 aliphatic carbocycles. The summed E-state index contributed by atoms with van der Waals surface area (Å²) in [7, 11) is 0. The molecule has 0 saturated carbocycles. The van der Waals surface area contributed by atoms with Crippen LogP contribution in [-0.4, -0.2) is 0 Å². The molecular weight excluding hydrogens is 677 g/mol. The van der Waals surface area contributed by atoms with Crippen molar-refractivity contribution in [1.29, 1.82) is 0 Å². The first-order valence-electron chi connectivity index (χ1n) is 19.5. The van der Waals surface area contributed by atoms with Crippen molar-refractivity contribution in [1.82, 2.24) is 0 Å². The van der Waals surface area contributed by atoms with E-state index in [1.54, 1.807) is 0 Å². The molecular formula is C54H48N2. The van der Waals surface area contributed by atoms with Crippen molar-refractivity contribution in [3.05, 3.63) is 215 Å². The molecule has 8 aromatic carbocycles. The molecule has 8 aromatic rings. The summed E-state index contributed by atoms with van der Waals surface area (Å²) in [6.45, 7) is 13.5. The van der Waals surface area contributed by atoms with Crippen LogP contribution in [0.4, 0.5) is 34.1 Å². The molecule has 8 rings (SSSR count). The van der Waals surface area contributed by atoms with Gasteiger partial charge in [0, 0.05) is 34.1 Å². The molecule has 0 saturated heterocycles. The van der Waals surface area contributed by atoms with Gasteiger partial charge in [0.2, 0.25) is 0 Å². The Kier molecular flexibility index (Phi) is 10.1. The number of hydrogen-bond donors (Lipinski definition) is 0. The third-order valence-corrected chi connectivity index (χ3v) is 11.0. The van der Waals surface area contributed by atoms with Gasteiger partial charge in [0.25, 0.3) is 0 Å². The normalized spacial score (nSPS) is 11.0. The van der Waals surface area contributed by atoms with Crippen molar-refractivity contribution in [3.63, 3.8) is 0 Å². The van der Waals surface area contributed by atoms with Crippen molar-refractivity contribution in [2.45, 2.75) is 41.5 Å². The van der Waals surface area contributed by atoms with E-state index in [2.05, 4.69) is 233 Å². The quantitative estimate of drug-likeness (QED) is 0.146. The molecule has 0 aliphatic heterocycles. The van der Waals surface area contributed by atoms with E-state index < -0.39 is 0 Å². The van der Waals surface area contributed by atoms with Crippen LogP contribution < -0.4 is 9.80 Å². The molecule has 274 valence electrons. The van der Waals surface area contributed by atoms with E-state index in [-0.39, 0.29) is 0 Å². The minimum atomic E-state index is 1.13. The summed E-state index contributed by atoms with van der Waals surface area (Å²) < 4.78 is 0. The number of rotatable bonds is 9. The van der Waals surface area contributed by atoms with Gasteiger partial charge in [0.15, 0.2) is 0 Å². The zero-order valence-corrected chi connectivity index (χ0v) is 33.2. The van der Waals surface area contributed by atoms with Crippen LogP contribution in [0.5, 0.6) is 0 Å². The smallest absolute Gasteiger partial charge is 0.0490 e. The molecule has 0 bridgehead atoms. The number of aryl methyl sites for hydroxylation is 6. The second-order valence-electron chi connectivity index (χ2n) is 15.0. The molecule has 0 aromatic heterocycles. The van der Waals surface area contributed by atoms with Crippen molar-refractivity contribution < 1.29 is 0 Å². The van der Waals surface area contributed by atoms with Crippen LogP contribution in [-0.2, 0) is 0 Å². The van der Waals surface area contributed by atoms with Crippen molar-refractivity contribution in [2.75, 3.05) is 9.80 Å². The maximum atomic E-state index is 2.40. The number of nitrogens with zero attached hydrogens (tertiary/aromatic N) is 2. The number of hydrogen-bond acceptors (Lipinski definition) is 2. The van der Waals surface area contributed by atoms with Crippen LogP contribution in [0.1, 0.15) is 33.4 Å². The Hall–Kier alpha value is -6.64. The van der Waals surface area contributed by atoms with Gasteiger partial charge in [-0.25, -0.2) is 0 Å².